The molecule has 0 bridgehead atoms. The Hall–Kier alpha value is -2.63. The van der Waals surface area contributed by atoms with Gasteiger partial charge in [-0.1, -0.05) is 36.7 Å². The van der Waals surface area contributed by atoms with E-state index in [0.29, 0.717) is 38.4 Å². The quantitative estimate of drug-likeness (QED) is 0.630. The molecule has 0 fully saturated rings. The summed E-state index contributed by atoms with van der Waals surface area (Å²) in [5, 5.41) is 4.02. The zero-order chi connectivity index (χ0) is 21.6. The number of aromatic nitrogens is 1. The fourth-order valence-corrected chi connectivity index (χ4v) is 3.35. The van der Waals surface area contributed by atoms with Crippen molar-refractivity contribution < 1.29 is 14.1 Å². The van der Waals surface area contributed by atoms with Crippen molar-refractivity contribution in [3.63, 3.8) is 0 Å². The molecule has 158 valence electrons. The van der Waals surface area contributed by atoms with Gasteiger partial charge < -0.3 is 14.3 Å². The standard InChI is InChI=1S/C23H33N3O3/c1-7-25(8-2)22(27)11-12-26(15-16(3)4)23(28)20-14-21(29-24-20)19-13-17(5)9-10-18(19)6/h9-10,13-14,16H,7-8,11-12,15H2,1-6H3. The molecular formula is C23H33N3O3. The largest absolute Gasteiger partial charge is 0.355 e. The first-order valence-corrected chi connectivity index (χ1v) is 10.4. The third kappa shape index (κ3) is 5.92. The van der Waals surface area contributed by atoms with Crippen LogP contribution in [0, 0.1) is 19.8 Å². The van der Waals surface area contributed by atoms with E-state index in [1.165, 1.54) is 0 Å². The second kappa shape index (κ2) is 10.2. The van der Waals surface area contributed by atoms with Crippen molar-refractivity contribution in [1.82, 2.24) is 15.0 Å². The second-order valence-corrected chi connectivity index (χ2v) is 7.86. The third-order valence-corrected chi connectivity index (χ3v) is 4.97. The highest BCUT2D eigenvalue weighted by atomic mass is 16.5. The van der Waals surface area contributed by atoms with Gasteiger partial charge in [0.2, 0.25) is 5.91 Å². The van der Waals surface area contributed by atoms with Gasteiger partial charge in [0.1, 0.15) is 0 Å². The normalized spacial score (nSPS) is 11.0. The van der Waals surface area contributed by atoms with Crippen LogP contribution in [-0.4, -0.2) is 52.9 Å². The molecule has 2 amide bonds. The van der Waals surface area contributed by atoms with Crippen molar-refractivity contribution >= 4 is 11.8 Å². The Balaban J connectivity index is 2.18. The van der Waals surface area contributed by atoms with Gasteiger partial charge in [-0.3, -0.25) is 9.59 Å². The molecule has 1 aromatic heterocycles. The van der Waals surface area contributed by atoms with Crippen LogP contribution in [0.2, 0.25) is 0 Å². The summed E-state index contributed by atoms with van der Waals surface area (Å²) in [7, 11) is 0. The number of carbonyl (C=O) groups is 2. The Bertz CT molecular complexity index is 838. The summed E-state index contributed by atoms with van der Waals surface area (Å²) in [6.45, 7) is 14.3. The SMILES string of the molecule is CCN(CC)C(=O)CCN(CC(C)C)C(=O)c1cc(-c2cc(C)ccc2C)on1. The second-order valence-electron chi connectivity index (χ2n) is 7.86. The number of aryl methyl sites for hydroxylation is 2. The van der Waals surface area contributed by atoms with Crippen LogP contribution in [0.3, 0.4) is 0 Å². The molecule has 1 heterocycles. The van der Waals surface area contributed by atoms with E-state index < -0.39 is 0 Å². The van der Waals surface area contributed by atoms with Gasteiger partial charge in [-0.05, 0) is 45.2 Å². The van der Waals surface area contributed by atoms with Gasteiger partial charge in [0.25, 0.3) is 5.91 Å². The molecule has 6 heteroatoms. The van der Waals surface area contributed by atoms with Gasteiger partial charge in [-0.15, -0.1) is 0 Å². The molecule has 0 aliphatic rings. The summed E-state index contributed by atoms with van der Waals surface area (Å²) in [5.41, 5.74) is 3.39. The maximum Gasteiger partial charge on any atom is 0.276 e. The highest BCUT2D eigenvalue weighted by Gasteiger charge is 2.23. The van der Waals surface area contributed by atoms with Crippen molar-refractivity contribution in [2.45, 2.75) is 48.0 Å². The monoisotopic (exact) mass is 399 g/mol. The van der Waals surface area contributed by atoms with E-state index in [-0.39, 0.29) is 23.4 Å². The fraction of sp³-hybridized carbons (Fsp3) is 0.522. The van der Waals surface area contributed by atoms with Crippen molar-refractivity contribution in [2.24, 2.45) is 5.92 Å². The van der Waals surface area contributed by atoms with Crippen LogP contribution in [0.1, 0.15) is 55.7 Å². The predicted octanol–water partition coefficient (Wildman–Crippen LogP) is 4.32. The molecule has 2 rings (SSSR count). The fourth-order valence-electron chi connectivity index (χ4n) is 3.35. The summed E-state index contributed by atoms with van der Waals surface area (Å²) in [6.07, 6.45) is 0.307. The lowest BCUT2D eigenvalue weighted by Gasteiger charge is -2.25. The molecule has 0 atom stereocenters. The van der Waals surface area contributed by atoms with Crippen molar-refractivity contribution in [2.75, 3.05) is 26.2 Å². The number of carbonyl (C=O) groups excluding carboxylic acids is 2. The van der Waals surface area contributed by atoms with Crippen molar-refractivity contribution in [3.8, 4) is 11.3 Å². The van der Waals surface area contributed by atoms with E-state index in [4.69, 9.17) is 4.52 Å². The molecule has 2 aromatic rings. The van der Waals surface area contributed by atoms with Crippen molar-refractivity contribution in [1.29, 1.82) is 0 Å². The van der Waals surface area contributed by atoms with Crippen LogP contribution in [0.25, 0.3) is 11.3 Å². The molecule has 0 aliphatic heterocycles. The summed E-state index contributed by atoms with van der Waals surface area (Å²) in [4.78, 5) is 28.9. The van der Waals surface area contributed by atoms with Crippen LogP contribution in [0.15, 0.2) is 28.8 Å². The molecule has 0 radical (unpaired) electrons. The van der Waals surface area contributed by atoms with Crippen LogP contribution < -0.4 is 0 Å². The van der Waals surface area contributed by atoms with Crippen LogP contribution in [-0.2, 0) is 4.79 Å². The summed E-state index contributed by atoms with van der Waals surface area (Å²) < 4.78 is 5.49. The minimum absolute atomic E-state index is 0.0628. The van der Waals surface area contributed by atoms with Gasteiger partial charge >= 0.3 is 0 Å². The van der Waals surface area contributed by atoms with E-state index in [1.807, 2.05) is 45.9 Å². The Morgan fingerprint density at radius 3 is 2.38 bits per heavy atom. The molecule has 0 N–H and O–H groups in total. The van der Waals surface area contributed by atoms with E-state index in [0.717, 1.165) is 16.7 Å². The molecule has 29 heavy (non-hydrogen) atoms. The highest BCUT2D eigenvalue weighted by molar-refractivity contribution is 5.93. The van der Waals surface area contributed by atoms with Crippen molar-refractivity contribution in [3.05, 3.63) is 41.1 Å². The van der Waals surface area contributed by atoms with E-state index >= 15 is 0 Å². The lowest BCUT2D eigenvalue weighted by atomic mass is 10.0. The Morgan fingerprint density at radius 2 is 1.76 bits per heavy atom. The number of rotatable bonds is 9. The van der Waals surface area contributed by atoms with E-state index in [2.05, 4.69) is 19.0 Å². The predicted molar refractivity (Wildman–Crippen MR) is 115 cm³/mol. The highest BCUT2D eigenvalue weighted by Crippen LogP contribution is 2.25. The third-order valence-electron chi connectivity index (χ3n) is 4.97. The zero-order valence-corrected chi connectivity index (χ0v) is 18.5. The summed E-state index contributed by atoms with van der Waals surface area (Å²) in [6, 6.07) is 7.79. The van der Waals surface area contributed by atoms with Crippen LogP contribution >= 0.6 is 0 Å². The Morgan fingerprint density at radius 1 is 1.07 bits per heavy atom. The minimum Gasteiger partial charge on any atom is -0.355 e. The molecule has 0 saturated heterocycles. The molecule has 0 unspecified atom stereocenters. The van der Waals surface area contributed by atoms with Gasteiger partial charge in [0.15, 0.2) is 11.5 Å². The number of hydrogen-bond donors (Lipinski definition) is 0. The summed E-state index contributed by atoms with van der Waals surface area (Å²) in [5.74, 6) is 0.727. The average Bonchev–Trinajstić information content (AvgIpc) is 3.17. The van der Waals surface area contributed by atoms with Gasteiger partial charge in [0, 0.05) is 44.2 Å². The number of hydrogen-bond acceptors (Lipinski definition) is 4. The average molecular weight is 400 g/mol. The topological polar surface area (TPSA) is 66.7 Å². The molecule has 1 aromatic carbocycles. The first kappa shape index (κ1) is 22.7. The maximum absolute atomic E-state index is 13.1. The first-order chi connectivity index (χ1) is 13.8. The molecule has 0 saturated carbocycles. The molecule has 0 aliphatic carbocycles. The molecule has 0 spiro atoms. The molecular weight excluding hydrogens is 366 g/mol. The van der Waals surface area contributed by atoms with E-state index in [1.54, 1.807) is 15.9 Å². The van der Waals surface area contributed by atoms with Gasteiger partial charge in [0.05, 0.1) is 0 Å². The lowest BCUT2D eigenvalue weighted by molar-refractivity contribution is -0.131. The van der Waals surface area contributed by atoms with Gasteiger partial charge in [-0.2, -0.15) is 0 Å². The molecule has 6 nitrogen and oxygen atoms in total. The van der Waals surface area contributed by atoms with Crippen LogP contribution in [0.5, 0.6) is 0 Å². The van der Waals surface area contributed by atoms with Gasteiger partial charge in [-0.25, -0.2) is 0 Å². The van der Waals surface area contributed by atoms with E-state index in [9.17, 15) is 9.59 Å². The maximum atomic E-state index is 13.1. The Kier molecular flexibility index (Phi) is 8.00. The smallest absolute Gasteiger partial charge is 0.276 e. The number of benzene rings is 1. The first-order valence-electron chi connectivity index (χ1n) is 10.4. The number of amides is 2. The van der Waals surface area contributed by atoms with Crippen LogP contribution in [0.4, 0.5) is 0 Å². The lowest BCUT2D eigenvalue weighted by Crippen LogP contribution is -2.39. The zero-order valence-electron chi connectivity index (χ0n) is 18.5. The summed E-state index contributed by atoms with van der Waals surface area (Å²) >= 11 is 0. The minimum atomic E-state index is -0.202. The Labute approximate surface area is 173 Å². The number of nitrogens with zero attached hydrogens (tertiary/aromatic N) is 3.